The van der Waals surface area contributed by atoms with Crippen LogP contribution in [0.4, 0.5) is 5.69 Å². The zero-order valence-corrected chi connectivity index (χ0v) is 16.2. The number of rotatable bonds is 6. The summed E-state index contributed by atoms with van der Waals surface area (Å²) in [6.07, 6.45) is 5.76. The van der Waals surface area contributed by atoms with Crippen molar-refractivity contribution in [2.45, 2.75) is 37.9 Å². The highest BCUT2D eigenvalue weighted by Crippen LogP contribution is 2.41. The number of pyridine rings is 1. The lowest BCUT2D eigenvalue weighted by molar-refractivity contribution is -0.113. The maximum Gasteiger partial charge on any atom is 0.234 e. The standard InChI is InChI=1S/C20H21N5OS/c1-13-4-3-5-14(2)18(13)22-17(26)12-27-20-24-23-19(25(20)16-6-7-16)15-8-10-21-11-9-15/h3-5,8-11,16H,6-7,12H2,1-2H3,(H,22,26). The third-order valence-corrected chi connectivity index (χ3v) is 5.54. The first kappa shape index (κ1) is 17.7. The Labute approximate surface area is 162 Å². The van der Waals surface area contributed by atoms with E-state index >= 15 is 0 Å². The summed E-state index contributed by atoms with van der Waals surface area (Å²) in [5.41, 5.74) is 4.02. The van der Waals surface area contributed by atoms with Crippen LogP contribution < -0.4 is 5.32 Å². The molecule has 27 heavy (non-hydrogen) atoms. The van der Waals surface area contributed by atoms with Gasteiger partial charge in [-0.25, -0.2) is 0 Å². The second-order valence-corrected chi connectivity index (χ2v) is 7.69. The minimum absolute atomic E-state index is 0.0341. The van der Waals surface area contributed by atoms with Gasteiger partial charge in [-0.15, -0.1) is 10.2 Å². The number of nitrogens with one attached hydrogen (secondary N) is 1. The largest absolute Gasteiger partial charge is 0.325 e. The molecule has 7 heteroatoms. The second kappa shape index (κ2) is 7.52. The molecule has 0 aliphatic heterocycles. The Bertz CT molecular complexity index is 946. The number of hydrogen-bond acceptors (Lipinski definition) is 5. The minimum atomic E-state index is -0.0341. The van der Waals surface area contributed by atoms with Crippen LogP contribution in [0, 0.1) is 13.8 Å². The average molecular weight is 379 g/mol. The number of aryl methyl sites for hydroxylation is 2. The van der Waals surface area contributed by atoms with Gasteiger partial charge in [0.25, 0.3) is 0 Å². The van der Waals surface area contributed by atoms with E-state index in [0.29, 0.717) is 11.8 Å². The van der Waals surface area contributed by atoms with Crippen LogP contribution in [0.3, 0.4) is 0 Å². The summed E-state index contributed by atoms with van der Waals surface area (Å²) < 4.78 is 2.16. The van der Waals surface area contributed by atoms with Crippen LogP contribution in [0.5, 0.6) is 0 Å². The highest BCUT2D eigenvalue weighted by atomic mass is 32.2. The lowest BCUT2D eigenvalue weighted by Gasteiger charge is -2.12. The van der Waals surface area contributed by atoms with Crippen molar-refractivity contribution in [3.63, 3.8) is 0 Å². The topological polar surface area (TPSA) is 72.7 Å². The highest BCUT2D eigenvalue weighted by Gasteiger charge is 2.30. The van der Waals surface area contributed by atoms with Gasteiger partial charge in [-0.2, -0.15) is 0 Å². The molecular weight excluding hydrogens is 358 g/mol. The molecule has 1 aliphatic carbocycles. The molecule has 0 saturated heterocycles. The van der Waals surface area contributed by atoms with Crippen LogP contribution >= 0.6 is 11.8 Å². The van der Waals surface area contributed by atoms with Crippen LogP contribution in [0.2, 0.25) is 0 Å². The first-order chi connectivity index (χ1) is 13.1. The smallest absolute Gasteiger partial charge is 0.234 e. The summed E-state index contributed by atoms with van der Waals surface area (Å²) in [6.45, 7) is 4.00. The molecule has 2 heterocycles. The van der Waals surface area contributed by atoms with Gasteiger partial charge < -0.3 is 5.32 Å². The number of thioether (sulfide) groups is 1. The highest BCUT2D eigenvalue weighted by molar-refractivity contribution is 7.99. The molecule has 0 spiro atoms. The predicted octanol–water partition coefficient (Wildman–Crippen LogP) is 4.02. The first-order valence-electron chi connectivity index (χ1n) is 8.97. The van der Waals surface area contributed by atoms with E-state index in [1.807, 2.05) is 44.2 Å². The number of nitrogens with zero attached hydrogens (tertiary/aromatic N) is 4. The lowest BCUT2D eigenvalue weighted by atomic mass is 10.1. The van der Waals surface area contributed by atoms with E-state index in [2.05, 4.69) is 25.1 Å². The third kappa shape index (κ3) is 3.88. The molecule has 6 nitrogen and oxygen atoms in total. The van der Waals surface area contributed by atoms with Crippen LogP contribution in [0.15, 0.2) is 47.9 Å². The summed E-state index contributed by atoms with van der Waals surface area (Å²) in [4.78, 5) is 16.5. The molecule has 2 aromatic heterocycles. The molecule has 1 aromatic carbocycles. The predicted molar refractivity (Wildman–Crippen MR) is 107 cm³/mol. The van der Waals surface area contributed by atoms with Crippen LogP contribution in [0.1, 0.15) is 30.0 Å². The van der Waals surface area contributed by atoms with E-state index in [9.17, 15) is 4.79 Å². The van der Waals surface area contributed by atoms with E-state index in [1.165, 1.54) is 11.8 Å². The fraction of sp³-hybridized carbons (Fsp3) is 0.300. The van der Waals surface area contributed by atoms with E-state index in [-0.39, 0.29) is 5.91 Å². The van der Waals surface area contributed by atoms with Crippen LogP contribution in [-0.4, -0.2) is 31.4 Å². The van der Waals surface area contributed by atoms with Gasteiger partial charge in [0, 0.05) is 29.7 Å². The second-order valence-electron chi connectivity index (χ2n) is 6.75. The van der Waals surface area contributed by atoms with Crippen molar-refractivity contribution < 1.29 is 4.79 Å². The van der Waals surface area contributed by atoms with Gasteiger partial charge >= 0.3 is 0 Å². The van der Waals surface area contributed by atoms with Crippen molar-refractivity contribution in [2.24, 2.45) is 0 Å². The van der Waals surface area contributed by atoms with Crippen molar-refractivity contribution in [2.75, 3.05) is 11.1 Å². The molecule has 0 unspecified atom stereocenters. The Morgan fingerprint density at radius 3 is 2.52 bits per heavy atom. The normalized spacial score (nSPS) is 13.6. The lowest BCUT2D eigenvalue weighted by Crippen LogP contribution is -2.16. The maximum atomic E-state index is 12.5. The van der Waals surface area contributed by atoms with Gasteiger partial charge in [0.2, 0.25) is 5.91 Å². The van der Waals surface area contributed by atoms with Gasteiger partial charge in [0.1, 0.15) is 0 Å². The van der Waals surface area contributed by atoms with Gasteiger partial charge in [0.05, 0.1) is 5.75 Å². The number of benzene rings is 1. The number of amides is 1. The molecule has 1 amide bonds. The van der Waals surface area contributed by atoms with Crippen LogP contribution in [-0.2, 0) is 4.79 Å². The SMILES string of the molecule is Cc1cccc(C)c1NC(=O)CSc1nnc(-c2ccncc2)n1C1CC1. The Balaban J connectivity index is 1.49. The summed E-state index contributed by atoms with van der Waals surface area (Å²) >= 11 is 1.43. The number of aromatic nitrogens is 4. The summed E-state index contributed by atoms with van der Waals surface area (Å²) in [5.74, 6) is 1.11. The van der Waals surface area contributed by atoms with Crippen molar-refractivity contribution in [1.29, 1.82) is 0 Å². The van der Waals surface area contributed by atoms with Crippen molar-refractivity contribution >= 4 is 23.4 Å². The summed E-state index contributed by atoms with van der Waals surface area (Å²) in [6, 6.07) is 10.3. The van der Waals surface area contributed by atoms with E-state index in [0.717, 1.165) is 46.2 Å². The quantitative estimate of drug-likeness (QED) is 0.655. The van der Waals surface area contributed by atoms with Crippen molar-refractivity contribution in [3.8, 4) is 11.4 Å². The van der Waals surface area contributed by atoms with Gasteiger partial charge in [-0.3, -0.25) is 14.3 Å². The zero-order chi connectivity index (χ0) is 18.8. The van der Waals surface area contributed by atoms with Crippen LogP contribution in [0.25, 0.3) is 11.4 Å². The molecule has 1 N–H and O–H groups in total. The molecule has 1 saturated carbocycles. The number of anilines is 1. The molecule has 1 aliphatic rings. The van der Waals surface area contributed by atoms with E-state index < -0.39 is 0 Å². The minimum Gasteiger partial charge on any atom is -0.325 e. The van der Waals surface area contributed by atoms with Gasteiger partial charge in [-0.1, -0.05) is 30.0 Å². The average Bonchev–Trinajstić information content (AvgIpc) is 3.43. The molecule has 0 radical (unpaired) electrons. The molecular formula is C20H21N5OS. The molecule has 0 atom stereocenters. The number of carbonyl (C=O) groups excluding carboxylic acids is 1. The number of carbonyl (C=O) groups is 1. The first-order valence-corrected chi connectivity index (χ1v) is 9.96. The van der Waals surface area contributed by atoms with E-state index in [4.69, 9.17) is 0 Å². The van der Waals surface area contributed by atoms with Gasteiger partial charge in [0.15, 0.2) is 11.0 Å². The van der Waals surface area contributed by atoms with Gasteiger partial charge in [-0.05, 0) is 49.9 Å². The van der Waals surface area contributed by atoms with Crippen molar-refractivity contribution in [1.82, 2.24) is 19.7 Å². The number of hydrogen-bond donors (Lipinski definition) is 1. The zero-order valence-electron chi connectivity index (χ0n) is 15.3. The fourth-order valence-electron chi connectivity index (χ4n) is 3.05. The molecule has 138 valence electrons. The molecule has 4 rings (SSSR count). The summed E-state index contributed by atoms with van der Waals surface area (Å²) in [5, 5.41) is 12.5. The molecule has 3 aromatic rings. The monoisotopic (exact) mass is 379 g/mol. The Hall–Kier alpha value is -2.67. The molecule has 1 fully saturated rings. The van der Waals surface area contributed by atoms with Crippen molar-refractivity contribution in [3.05, 3.63) is 53.9 Å². The Kier molecular flexibility index (Phi) is 4.94. The Morgan fingerprint density at radius 1 is 1.15 bits per heavy atom. The number of para-hydroxylation sites is 1. The fourth-order valence-corrected chi connectivity index (χ4v) is 3.86. The molecule has 0 bridgehead atoms. The Morgan fingerprint density at radius 2 is 1.85 bits per heavy atom. The van der Waals surface area contributed by atoms with E-state index in [1.54, 1.807) is 12.4 Å². The summed E-state index contributed by atoms with van der Waals surface area (Å²) in [7, 11) is 0. The maximum absolute atomic E-state index is 12.5. The third-order valence-electron chi connectivity index (χ3n) is 4.59.